The lowest BCUT2D eigenvalue weighted by molar-refractivity contribution is -0.133. The molecule has 1 aliphatic rings. The summed E-state index contributed by atoms with van der Waals surface area (Å²) >= 11 is 0. The van der Waals surface area contributed by atoms with Gasteiger partial charge in [-0.2, -0.15) is 5.10 Å². The van der Waals surface area contributed by atoms with Gasteiger partial charge in [0.2, 0.25) is 0 Å². The van der Waals surface area contributed by atoms with Crippen LogP contribution >= 0.6 is 0 Å². The van der Waals surface area contributed by atoms with Gasteiger partial charge in [0, 0.05) is 26.3 Å². The highest BCUT2D eigenvalue weighted by Crippen LogP contribution is 2.23. The van der Waals surface area contributed by atoms with Crippen molar-refractivity contribution in [2.24, 2.45) is 7.05 Å². The van der Waals surface area contributed by atoms with Crippen LogP contribution in [0.4, 0.5) is 0 Å². The molecule has 0 amide bonds. The Labute approximate surface area is 114 Å². The number of hydrogen-bond acceptors (Lipinski definition) is 4. The lowest BCUT2D eigenvalue weighted by atomic mass is 9.88. The average molecular weight is 265 g/mol. The first kappa shape index (κ1) is 14.2. The number of ketones is 1. The molecule has 0 radical (unpaired) electrons. The minimum Gasteiger partial charge on any atom is -0.379 e. The van der Waals surface area contributed by atoms with Crippen LogP contribution < -0.4 is 0 Å². The van der Waals surface area contributed by atoms with Gasteiger partial charge < -0.3 is 4.74 Å². The van der Waals surface area contributed by atoms with Crippen LogP contribution in [0.1, 0.15) is 26.0 Å². The number of nitrogens with zero attached hydrogens (tertiary/aromatic N) is 3. The van der Waals surface area contributed by atoms with E-state index in [0.29, 0.717) is 19.6 Å². The summed E-state index contributed by atoms with van der Waals surface area (Å²) in [4.78, 5) is 14.9. The maximum Gasteiger partial charge on any atom is 0.158 e. The van der Waals surface area contributed by atoms with Gasteiger partial charge in [0.15, 0.2) is 5.78 Å². The zero-order valence-corrected chi connectivity index (χ0v) is 12.1. The van der Waals surface area contributed by atoms with Crippen LogP contribution in [-0.4, -0.2) is 52.3 Å². The van der Waals surface area contributed by atoms with Gasteiger partial charge in [0.05, 0.1) is 30.9 Å². The third kappa shape index (κ3) is 3.04. The van der Waals surface area contributed by atoms with Crippen LogP contribution in [0.5, 0.6) is 0 Å². The Hall–Kier alpha value is -1.20. The SMILES string of the molecule is CCC(C)(C(=O)Cc1ccn(C)n1)N1CCOCC1. The summed E-state index contributed by atoms with van der Waals surface area (Å²) in [7, 11) is 1.87. The van der Waals surface area contributed by atoms with Gasteiger partial charge in [0.25, 0.3) is 0 Å². The molecule has 1 atom stereocenters. The van der Waals surface area contributed by atoms with Gasteiger partial charge in [-0.3, -0.25) is 14.4 Å². The number of Topliss-reactive ketones (excluding diaryl/α,β-unsaturated/α-hetero) is 1. The number of hydrogen-bond donors (Lipinski definition) is 0. The molecule has 1 aromatic rings. The first-order valence-electron chi connectivity index (χ1n) is 6.91. The molecular formula is C14H23N3O2. The summed E-state index contributed by atoms with van der Waals surface area (Å²) in [5, 5.41) is 4.30. The Morgan fingerprint density at radius 2 is 2.16 bits per heavy atom. The van der Waals surface area contributed by atoms with Crippen molar-refractivity contribution in [3.63, 3.8) is 0 Å². The Kier molecular flexibility index (Phi) is 4.37. The number of rotatable bonds is 5. The molecule has 0 bridgehead atoms. The molecule has 1 aliphatic heterocycles. The lowest BCUT2D eigenvalue weighted by Gasteiger charge is -2.41. The van der Waals surface area contributed by atoms with E-state index in [1.807, 2.05) is 26.2 Å². The summed E-state index contributed by atoms with van der Waals surface area (Å²) in [6.07, 6.45) is 3.10. The molecule has 1 unspecified atom stereocenters. The van der Waals surface area contributed by atoms with Crippen LogP contribution in [0.2, 0.25) is 0 Å². The van der Waals surface area contributed by atoms with Gasteiger partial charge >= 0.3 is 0 Å². The summed E-state index contributed by atoms with van der Waals surface area (Å²) in [6.45, 7) is 7.21. The Balaban J connectivity index is 2.08. The molecule has 0 spiro atoms. The summed E-state index contributed by atoms with van der Waals surface area (Å²) in [5.74, 6) is 0.246. The van der Waals surface area contributed by atoms with E-state index in [1.165, 1.54) is 0 Å². The van der Waals surface area contributed by atoms with E-state index in [9.17, 15) is 4.79 Å². The van der Waals surface area contributed by atoms with Crippen LogP contribution in [0, 0.1) is 0 Å². The molecule has 5 nitrogen and oxygen atoms in total. The molecule has 1 saturated heterocycles. The fourth-order valence-electron chi connectivity index (χ4n) is 2.57. The number of aromatic nitrogens is 2. The molecule has 106 valence electrons. The van der Waals surface area contributed by atoms with E-state index in [2.05, 4.69) is 16.9 Å². The van der Waals surface area contributed by atoms with Crippen molar-refractivity contribution in [2.75, 3.05) is 26.3 Å². The molecular weight excluding hydrogens is 242 g/mol. The lowest BCUT2D eigenvalue weighted by Crippen LogP contribution is -2.56. The minimum absolute atomic E-state index is 0.246. The van der Waals surface area contributed by atoms with Crippen LogP contribution in [-0.2, 0) is 23.0 Å². The normalized spacial score (nSPS) is 20.2. The number of ether oxygens (including phenoxy) is 1. The number of morpholine rings is 1. The fraction of sp³-hybridized carbons (Fsp3) is 0.714. The van der Waals surface area contributed by atoms with E-state index in [4.69, 9.17) is 4.74 Å². The van der Waals surface area contributed by atoms with Crippen molar-refractivity contribution in [1.29, 1.82) is 0 Å². The average Bonchev–Trinajstić information content (AvgIpc) is 2.84. The summed E-state index contributed by atoms with van der Waals surface area (Å²) in [5.41, 5.74) is 0.446. The van der Waals surface area contributed by atoms with Gasteiger partial charge in [-0.05, 0) is 19.4 Å². The smallest absolute Gasteiger partial charge is 0.158 e. The van der Waals surface area contributed by atoms with E-state index in [1.54, 1.807) is 4.68 Å². The second kappa shape index (κ2) is 5.84. The van der Waals surface area contributed by atoms with Crippen molar-refractivity contribution in [2.45, 2.75) is 32.2 Å². The van der Waals surface area contributed by atoms with E-state index in [-0.39, 0.29) is 5.78 Å². The molecule has 0 saturated carbocycles. The number of carbonyl (C=O) groups excluding carboxylic acids is 1. The van der Waals surface area contributed by atoms with Crippen molar-refractivity contribution in [1.82, 2.24) is 14.7 Å². The molecule has 2 rings (SSSR count). The third-order valence-corrected chi connectivity index (χ3v) is 4.11. The van der Waals surface area contributed by atoms with E-state index >= 15 is 0 Å². The van der Waals surface area contributed by atoms with Gasteiger partial charge in [-0.1, -0.05) is 6.92 Å². The summed E-state index contributed by atoms with van der Waals surface area (Å²) < 4.78 is 7.11. The zero-order chi connectivity index (χ0) is 13.9. The van der Waals surface area contributed by atoms with Gasteiger partial charge in [0.1, 0.15) is 0 Å². The standard InChI is InChI=1S/C14H23N3O2/c1-4-14(2,17-7-9-19-10-8-17)13(18)11-12-5-6-16(3)15-12/h5-6H,4,7-11H2,1-3H3. The zero-order valence-electron chi connectivity index (χ0n) is 12.1. The number of aryl methyl sites for hydroxylation is 1. The van der Waals surface area contributed by atoms with E-state index < -0.39 is 5.54 Å². The van der Waals surface area contributed by atoms with Crippen LogP contribution in [0.3, 0.4) is 0 Å². The highest BCUT2D eigenvalue weighted by Gasteiger charge is 2.38. The largest absolute Gasteiger partial charge is 0.379 e. The maximum absolute atomic E-state index is 12.6. The van der Waals surface area contributed by atoms with Crippen LogP contribution in [0.15, 0.2) is 12.3 Å². The number of carbonyl (C=O) groups is 1. The quantitative estimate of drug-likeness (QED) is 0.798. The molecule has 0 N–H and O–H groups in total. The Morgan fingerprint density at radius 3 is 2.68 bits per heavy atom. The maximum atomic E-state index is 12.6. The molecule has 19 heavy (non-hydrogen) atoms. The van der Waals surface area contributed by atoms with Crippen molar-refractivity contribution in [3.8, 4) is 0 Å². The highest BCUT2D eigenvalue weighted by molar-refractivity contribution is 5.89. The topological polar surface area (TPSA) is 47.4 Å². The predicted molar refractivity (Wildman–Crippen MR) is 73.0 cm³/mol. The van der Waals surface area contributed by atoms with Crippen LogP contribution in [0.25, 0.3) is 0 Å². The molecule has 1 aromatic heterocycles. The predicted octanol–water partition coefficient (Wildman–Crippen LogP) is 1.03. The molecule has 0 aromatic carbocycles. The third-order valence-electron chi connectivity index (χ3n) is 4.11. The van der Waals surface area contributed by atoms with Crippen molar-refractivity contribution >= 4 is 5.78 Å². The Morgan fingerprint density at radius 1 is 1.47 bits per heavy atom. The first-order valence-corrected chi connectivity index (χ1v) is 6.91. The van der Waals surface area contributed by atoms with E-state index in [0.717, 1.165) is 25.2 Å². The molecule has 5 heteroatoms. The van der Waals surface area contributed by atoms with Gasteiger partial charge in [-0.25, -0.2) is 0 Å². The summed E-state index contributed by atoms with van der Waals surface area (Å²) in [6, 6.07) is 1.91. The minimum atomic E-state index is -0.401. The molecule has 0 aliphatic carbocycles. The second-order valence-corrected chi connectivity index (χ2v) is 5.31. The monoisotopic (exact) mass is 265 g/mol. The van der Waals surface area contributed by atoms with Gasteiger partial charge in [-0.15, -0.1) is 0 Å². The highest BCUT2D eigenvalue weighted by atomic mass is 16.5. The second-order valence-electron chi connectivity index (χ2n) is 5.31. The fourth-order valence-corrected chi connectivity index (χ4v) is 2.57. The molecule has 2 heterocycles. The molecule has 1 fully saturated rings. The van der Waals surface area contributed by atoms with Crippen molar-refractivity contribution in [3.05, 3.63) is 18.0 Å². The first-order chi connectivity index (χ1) is 9.06. The Bertz CT molecular complexity index is 438. The van der Waals surface area contributed by atoms with Crippen molar-refractivity contribution < 1.29 is 9.53 Å².